The largest absolute Gasteiger partial charge is 0.496 e. The Morgan fingerprint density at radius 3 is 2.64 bits per heavy atom. The molecule has 0 aliphatic carbocycles. The van der Waals surface area contributed by atoms with Gasteiger partial charge in [0.2, 0.25) is 0 Å². The number of pyridine rings is 1. The number of carbonyl (C=O) groups is 1. The molecule has 1 aromatic heterocycles. The molecule has 0 spiro atoms. The zero-order valence-corrected chi connectivity index (χ0v) is 19.8. The zero-order chi connectivity index (χ0) is 23.2. The number of methoxy groups -OCH3 is 1. The fourth-order valence-corrected chi connectivity index (χ4v) is 4.92. The minimum absolute atomic E-state index is 0.0405. The predicted molar refractivity (Wildman–Crippen MR) is 131 cm³/mol. The second-order valence-corrected chi connectivity index (χ2v) is 8.93. The zero-order valence-electron chi connectivity index (χ0n) is 19.8. The number of piperidine rings is 1. The Kier molecular flexibility index (Phi) is 7.40. The van der Waals surface area contributed by atoms with E-state index in [-0.39, 0.29) is 17.9 Å². The number of para-hydroxylation sites is 1. The smallest absolute Gasteiger partial charge is 0.252 e. The summed E-state index contributed by atoms with van der Waals surface area (Å²) in [5.41, 5.74) is 4.97. The van der Waals surface area contributed by atoms with E-state index in [9.17, 15) is 4.79 Å². The lowest BCUT2D eigenvalue weighted by molar-refractivity contribution is 0.0874. The topological polar surface area (TPSA) is 54.5 Å². The van der Waals surface area contributed by atoms with Crippen LogP contribution in [0.1, 0.15) is 51.6 Å². The van der Waals surface area contributed by atoms with Crippen LogP contribution in [0.4, 0.5) is 0 Å². The van der Waals surface area contributed by atoms with Gasteiger partial charge in [-0.2, -0.15) is 0 Å². The molecule has 0 saturated carbocycles. The highest BCUT2D eigenvalue weighted by atomic mass is 16.5. The van der Waals surface area contributed by atoms with Crippen LogP contribution >= 0.6 is 0 Å². The summed E-state index contributed by atoms with van der Waals surface area (Å²) in [7, 11) is 1.74. The first-order valence-electron chi connectivity index (χ1n) is 11.7. The van der Waals surface area contributed by atoms with E-state index in [4.69, 9.17) is 4.74 Å². The molecule has 1 amide bonds. The van der Waals surface area contributed by atoms with Gasteiger partial charge in [-0.25, -0.2) is 0 Å². The third-order valence-electron chi connectivity index (χ3n) is 6.59. The number of benzene rings is 2. The van der Waals surface area contributed by atoms with Crippen molar-refractivity contribution < 1.29 is 9.53 Å². The second-order valence-electron chi connectivity index (χ2n) is 8.93. The summed E-state index contributed by atoms with van der Waals surface area (Å²) in [6.07, 6.45) is 3.94. The van der Waals surface area contributed by atoms with Crippen molar-refractivity contribution in [2.45, 2.75) is 39.3 Å². The van der Waals surface area contributed by atoms with Gasteiger partial charge in [0.05, 0.1) is 18.8 Å². The van der Waals surface area contributed by atoms with Gasteiger partial charge < -0.3 is 10.1 Å². The lowest BCUT2D eigenvalue weighted by atomic mass is 9.87. The van der Waals surface area contributed by atoms with Crippen LogP contribution in [0.5, 0.6) is 5.75 Å². The van der Waals surface area contributed by atoms with E-state index in [1.54, 1.807) is 13.3 Å². The number of nitrogens with zero attached hydrogens (tertiary/aromatic N) is 2. The molecule has 5 heteroatoms. The first kappa shape index (κ1) is 23.0. The van der Waals surface area contributed by atoms with Crippen molar-refractivity contribution in [1.29, 1.82) is 0 Å². The van der Waals surface area contributed by atoms with Gasteiger partial charge in [-0.15, -0.1) is 0 Å². The number of hydrogen-bond donors (Lipinski definition) is 1. The van der Waals surface area contributed by atoms with E-state index < -0.39 is 0 Å². The van der Waals surface area contributed by atoms with Crippen LogP contribution in [0.3, 0.4) is 0 Å². The SMILES string of the molecule is COc1c(C)cccc1CN1CCC[C@@H]([C@@H](NC(=O)c2ccccc2C)c2ccccn2)C1. The second kappa shape index (κ2) is 10.6. The minimum atomic E-state index is -0.138. The van der Waals surface area contributed by atoms with Crippen LogP contribution in [0, 0.1) is 19.8 Å². The highest BCUT2D eigenvalue weighted by Gasteiger charge is 2.31. The Hall–Kier alpha value is -3.18. The van der Waals surface area contributed by atoms with Gasteiger partial charge in [-0.1, -0.05) is 42.5 Å². The molecule has 0 bridgehead atoms. The van der Waals surface area contributed by atoms with E-state index in [1.807, 2.05) is 49.4 Å². The van der Waals surface area contributed by atoms with Crippen molar-refractivity contribution in [3.8, 4) is 5.75 Å². The Morgan fingerprint density at radius 1 is 1.09 bits per heavy atom. The standard InChI is InChI=1S/C28H33N3O2/c1-20-10-4-5-14-24(20)28(32)30-26(25-15-6-7-16-29-25)22-13-9-17-31(18-22)19-23-12-8-11-21(2)27(23)33-3/h4-8,10-12,14-16,22,26H,9,13,17-19H2,1-3H3,(H,30,32)/t22-,26-/m1/s1. The van der Waals surface area contributed by atoms with E-state index in [0.717, 1.165) is 60.6 Å². The van der Waals surface area contributed by atoms with Gasteiger partial charge in [0, 0.05) is 30.4 Å². The van der Waals surface area contributed by atoms with Crippen molar-refractivity contribution in [1.82, 2.24) is 15.2 Å². The Balaban J connectivity index is 1.55. The molecule has 5 nitrogen and oxygen atoms in total. The summed E-state index contributed by atoms with van der Waals surface area (Å²) in [6.45, 7) is 6.82. The Labute approximate surface area is 196 Å². The summed E-state index contributed by atoms with van der Waals surface area (Å²) in [5.74, 6) is 1.20. The van der Waals surface area contributed by atoms with Crippen LogP contribution in [0.15, 0.2) is 66.9 Å². The molecule has 0 unspecified atom stereocenters. The van der Waals surface area contributed by atoms with Crippen LogP contribution < -0.4 is 10.1 Å². The lowest BCUT2D eigenvalue weighted by Gasteiger charge is -2.37. The number of likely N-dealkylation sites (tertiary alicyclic amines) is 1. The van der Waals surface area contributed by atoms with Gasteiger partial charge in [0.25, 0.3) is 5.91 Å². The number of aromatic nitrogens is 1. The number of amides is 1. The average molecular weight is 444 g/mol. The molecule has 3 aromatic rings. The van der Waals surface area contributed by atoms with Gasteiger partial charge in [-0.05, 0) is 68.5 Å². The number of nitrogens with one attached hydrogen (secondary N) is 1. The number of hydrogen-bond acceptors (Lipinski definition) is 4. The summed E-state index contributed by atoms with van der Waals surface area (Å²) >= 11 is 0. The minimum Gasteiger partial charge on any atom is -0.496 e. The quantitative estimate of drug-likeness (QED) is 0.553. The molecule has 1 saturated heterocycles. The van der Waals surface area contributed by atoms with E-state index in [1.165, 1.54) is 5.56 Å². The average Bonchev–Trinajstić information content (AvgIpc) is 2.83. The van der Waals surface area contributed by atoms with Crippen LogP contribution in [0.2, 0.25) is 0 Å². The summed E-state index contributed by atoms with van der Waals surface area (Å²) < 4.78 is 5.68. The Bertz CT molecular complexity index is 1080. The molecule has 1 fully saturated rings. The van der Waals surface area contributed by atoms with Gasteiger partial charge >= 0.3 is 0 Å². The maximum atomic E-state index is 13.2. The van der Waals surface area contributed by atoms with Crippen molar-refractivity contribution in [3.63, 3.8) is 0 Å². The summed E-state index contributed by atoms with van der Waals surface area (Å²) in [6, 6.07) is 19.8. The number of carbonyl (C=O) groups excluding carboxylic acids is 1. The Morgan fingerprint density at radius 2 is 1.88 bits per heavy atom. The van der Waals surface area contributed by atoms with Crippen LogP contribution in [-0.4, -0.2) is 36.0 Å². The van der Waals surface area contributed by atoms with Gasteiger partial charge in [0.15, 0.2) is 0 Å². The number of rotatable bonds is 7. The molecular weight excluding hydrogens is 410 g/mol. The van der Waals surface area contributed by atoms with Crippen LogP contribution in [-0.2, 0) is 6.54 Å². The van der Waals surface area contributed by atoms with E-state index in [0.29, 0.717) is 0 Å². The van der Waals surface area contributed by atoms with Gasteiger partial charge in [-0.3, -0.25) is 14.7 Å². The maximum Gasteiger partial charge on any atom is 0.252 e. The molecule has 172 valence electrons. The number of aryl methyl sites for hydroxylation is 2. The highest BCUT2D eigenvalue weighted by molar-refractivity contribution is 5.95. The summed E-state index contributed by atoms with van der Waals surface area (Å²) in [5, 5.41) is 3.32. The normalized spacial score (nSPS) is 17.4. The molecule has 2 heterocycles. The summed E-state index contributed by atoms with van der Waals surface area (Å²) in [4.78, 5) is 20.3. The van der Waals surface area contributed by atoms with Crippen molar-refractivity contribution in [3.05, 3.63) is 94.8 Å². The molecular formula is C28H33N3O2. The molecule has 1 N–H and O–H groups in total. The first-order chi connectivity index (χ1) is 16.1. The molecule has 33 heavy (non-hydrogen) atoms. The number of ether oxygens (including phenoxy) is 1. The fraction of sp³-hybridized carbons (Fsp3) is 0.357. The molecule has 1 aliphatic rings. The highest BCUT2D eigenvalue weighted by Crippen LogP contribution is 2.32. The van der Waals surface area contributed by atoms with Crippen molar-refractivity contribution >= 4 is 5.91 Å². The van der Waals surface area contributed by atoms with Gasteiger partial charge in [0.1, 0.15) is 5.75 Å². The lowest BCUT2D eigenvalue weighted by Crippen LogP contribution is -2.43. The third kappa shape index (κ3) is 5.42. The maximum absolute atomic E-state index is 13.2. The van der Waals surface area contributed by atoms with E-state index in [2.05, 4.69) is 40.3 Å². The van der Waals surface area contributed by atoms with Crippen LogP contribution in [0.25, 0.3) is 0 Å². The molecule has 1 aliphatic heterocycles. The predicted octanol–water partition coefficient (Wildman–Crippen LogP) is 5.09. The van der Waals surface area contributed by atoms with Crippen molar-refractivity contribution in [2.75, 3.05) is 20.2 Å². The van der Waals surface area contributed by atoms with Crippen molar-refractivity contribution in [2.24, 2.45) is 5.92 Å². The molecule has 2 atom stereocenters. The monoisotopic (exact) mass is 443 g/mol. The molecule has 4 rings (SSSR count). The van der Waals surface area contributed by atoms with E-state index >= 15 is 0 Å². The third-order valence-corrected chi connectivity index (χ3v) is 6.59. The molecule has 0 radical (unpaired) electrons. The first-order valence-corrected chi connectivity index (χ1v) is 11.7. The molecule has 2 aromatic carbocycles. The fourth-order valence-electron chi connectivity index (χ4n) is 4.92.